The van der Waals surface area contributed by atoms with Crippen LogP contribution < -0.4 is 10.1 Å². The largest absolute Gasteiger partial charge is 0.457 e. The van der Waals surface area contributed by atoms with E-state index in [1.54, 1.807) is 24.5 Å². The van der Waals surface area contributed by atoms with Crippen LogP contribution in [0.1, 0.15) is 18.1 Å². The Bertz CT molecular complexity index is 813. The van der Waals surface area contributed by atoms with E-state index >= 15 is 0 Å². The molecule has 0 atom stereocenters. The Morgan fingerprint density at radius 2 is 1.48 bits per heavy atom. The number of pyridine rings is 1. The van der Waals surface area contributed by atoms with Gasteiger partial charge < -0.3 is 10.1 Å². The molecule has 4 heteroatoms. The van der Waals surface area contributed by atoms with E-state index in [-0.39, 0.29) is 5.91 Å². The van der Waals surface area contributed by atoms with Gasteiger partial charge in [0.05, 0.1) is 6.42 Å². The van der Waals surface area contributed by atoms with E-state index in [4.69, 9.17) is 4.74 Å². The molecule has 3 rings (SSSR count). The van der Waals surface area contributed by atoms with Crippen molar-refractivity contribution in [2.75, 3.05) is 5.32 Å². The van der Waals surface area contributed by atoms with Crippen LogP contribution >= 0.6 is 0 Å². The molecule has 1 heterocycles. The summed E-state index contributed by atoms with van der Waals surface area (Å²) < 4.78 is 5.72. The highest BCUT2D eigenvalue weighted by Gasteiger charge is 2.05. The van der Waals surface area contributed by atoms with E-state index in [1.165, 1.54) is 5.56 Å². The number of nitrogens with one attached hydrogen (secondary N) is 1. The zero-order chi connectivity index (χ0) is 17.5. The van der Waals surface area contributed by atoms with E-state index in [0.717, 1.165) is 29.2 Å². The fourth-order valence-electron chi connectivity index (χ4n) is 2.43. The summed E-state index contributed by atoms with van der Waals surface area (Å²) in [6.45, 7) is 2.11. The number of hydrogen-bond donors (Lipinski definition) is 1. The standard InChI is InChI=1S/C21H20N2O2/c1-2-16-3-7-18(8-4-16)23-21(24)15-17-5-9-19(10-6-17)25-20-11-13-22-14-12-20/h3-14H,2,15H2,1H3,(H,23,24). The lowest BCUT2D eigenvalue weighted by atomic mass is 10.1. The molecule has 0 unspecified atom stereocenters. The first-order valence-electron chi connectivity index (χ1n) is 8.28. The van der Waals surface area contributed by atoms with Crippen molar-refractivity contribution < 1.29 is 9.53 Å². The molecule has 0 aliphatic heterocycles. The van der Waals surface area contributed by atoms with Gasteiger partial charge in [-0.25, -0.2) is 0 Å². The summed E-state index contributed by atoms with van der Waals surface area (Å²) in [5.74, 6) is 1.42. The van der Waals surface area contributed by atoms with Gasteiger partial charge in [0.15, 0.2) is 0 Å². The average Bonchev–Trinajstić information content (AvgIpc) is 2.65. The molecule has 0 saturated heterocycles. The van der Waals surface area contributed by atoms with Gasteiger partial charge in [-0.3, -0.25) is 9.78 Å². The number of rotatable bonds is 6. The van der Waals surface area contributed by atoms with E-state index in [0.29, 0.717) is 6.42 Å². The van der Waals surface area contributed by atoms with Gasteiger partial charge in [-0.1, -0.05) is 31.2 Å². The van der Waals surface area contributed by atoms with E-state index < -0.39 is 0 Å². The van der Waals surface area contributed by atoms with Crippen molar-refractivity contribution in [3.8, 4) is 11.5 Å². The highest BCUT2D eigenvalue weighted by molar-refractivity contribution is 5.92. The summed E-state index contributed by atoms with van der Waals surface area (Å²) >= 11 is 0. The van der Waals surface area contributed by atoms with Crippen molar-refractivity contribution in [1.29, 1.82) is 0 Å². The minimum Gasteiger partial charge on any atom is -0.457 e. The summed E-state index contributed by atoms with van der Waals surface area (Å²) in [5.41, 5.74) is 3.01. The number of nitrogens with zero attached hydrogens (tertiary/aromatic N) is 1. The molecule has 0 aliphatic rings. The fraction of sp³-hybridized carbons (Fsp3) is 0.143. The van der Waals surface area contributed by atoms with Crippen LogP contribution in [0.15, 0.2) is 73.1 Å². The zero-order valence-corrected chi connectivity index (χ0v) is 14.1. The quantitative estimate of drug-likeness (QED) is 0.717. The summed E-state index contributed by atoms with van der Waals surface area (Å²) in [6, 6.07) is 19.0. The monoisotopic (exact) mass is 332 g/mol. The Labute approximate surface area is 147 Å². The highest BCUT2D eigenvalue weighted by atomic mass is 16.5. The molecule has 126 valence electrons. The van der Waals surface area contributed by atoms with Crippen LogP contribution in [-0.4, -0.2) is 10.9 Å². The normalized spacial score (nSPS) is 10.3. The van der Waals surface area contributed by atoms with Crippen LogP contribution in [0.25, 0.3) is 0 Å². The van der Waals surface area contributed by atoms with Gasteiger partial charge in [0.2, 0.25) is 5.91 Å². The molecule has 0 saturated carbocycles. The minimum absolute atomic E-state index is 0.0351. The summed E-state index contributed by atoms with van der Waals surface area (Å²) in [5, 5.41) is 2.92. The third kappa shape index (κ3) is 4.91. The van der Waals surface area contributed by atoms with E-state index in [1.807, 2.05) is 48.5 Å². The van der Waals surface area contributed by atoms with Crippen molar-refractivity contribution >= 4 is 11.6 Å². The number of carbonyl (C=O) groups excluding carboxylic acids is 1. The number of anilines is 1. The van der Waals surface area contributed by atoms with Gasteiger partial charge in [0.1, 0.15) is 11.5 Å². The smallest absolute Gasteiger partial charge is 0.228 e. The van der Waals surface area contributed by atoms with Crippen LogP contribution in [0.2, 0.25) is 0 Å². The molecule has 3 aromatic rings. The maximum absolute atomic E-state index is 12.2. The van der Waals surface area contributed by atoms with Crippen LogP contribution in [0.3, 0.4) is 0 Å². The molecule has 0 fully saturated rings. The molecule has 0 radical (unpaired) electrons. The van der Waals surface area contributed by atoms with E-state index in [2.05, 4.69) is 17.2 Å². The summed E-state index contributed by atoms with van der Waals surface area (Å²) in [7, 11) is 0. The Morgan fingerprint density at radius 3 is 2.12 bits per heavy atom. The number of hydrogen-bond acceptors (Lipinski definition) is 3. The lowest BCUT2D eigenvalue weighted by Crippen LogP contribution is -2.14. The first-order chi connectivity index (χ1) is 12.2. The first kappa shape index (κ1) is 16.7. The van der Waals surface area contributed by atoms with Crippen molar-refractivity contribution in [3.63, 3.8) is 0 Å². The predicted molar refractivity (Wildman–Crippen MR) is 98.9 cm³/mol. The molecule has 1 amide bonds. The Balaban J connectivity index is 1.56. The zero-order valence-electron chi connectivity index (χ0n) is 14.1. The van der Waals surface area contributed by atoms with Crippen molar-refractivity contribution in [2.24, 2.45) is 0 Å². The van der Waals surface area contributed by atoms with Gasteiger partial charge in [0, 0.05) is 18.1 Å². The third-order valence-corrected chi connectivity index (χ3v) is 3.82. The Hall–Kier alpha value is -3.14. The van der Waals surface area contributed by atoms with Gasteiger partial charge >= 0.3 is 0 Å². The third-order valence-electron chi connectivity index (χ3n) is 3.82. The second-order valence-electron chi connectivity index (χ2n) is 5.70. The summed E-state index contributed by atoms with van der Waals surface area (Å²) in [4.78, 5) is 16.1. The van der Waals surface area contributed by atoms with Crippen molar-refractivity contribution in [1.82, 2.24) is 4.98 Å². The van der Waals surface area contributed by atoms with Crippen molar-refractivity contribution in [2.45, 2.75) is 19.8 Å². The number of ether oxygens (including phenoxy) is 1. The number of amides is 1. The lowest BCUT2D eigenvalue weighted by molar-refractivity contribution is -0.115. The molecular formula is C21H20N2O2. The molecule has 25 heavy (non-hydrogen) atoms. The molecule has 0 aliphatic carbocycles. The van der Waals surface area contributed by atoms with Crippen molar-refractivity contribution in [3.05, 3.63) is 84.2 Å². The van der Waals surface area contributed by atoms with Gasteiger partial charge in [-0.15, -0.1) is 0 Å². The molecule has 4 nitrogen and oxygen atoms in total. The number of carbonyl (C=O) groups is 1. The second kappa shape index (κ2) is 8.11. The van der Waals surface area contributed by atoms with Gasteiger partial charge in [-0.05, 0) is 53.9 Å². The highest BCUT2D eigenvalue weighted by Crippen LogP contribution is 2.21. The van der Waals surface area contributed by atoms with Crippen LogP contribution in [0.5, 0.6) is 11.5 Å². The second-order valence-corrected chi connectivity index (χ2v) is 5.70. The fourth-order valence-corrected chi connectivity index (χ4v) is 2.43. The number of aryl methyl sites for hydroxylation is 1. The van der Waals surface area contributed by atoms with Crippen LogP contribution in [-0.2, 0) is 17.6 Å². The first-order valence-corrected chi connectivity index (χ1v) is 8.28. The molecule has 2 aromatic carbocycles. The molecule has 1 N–H and O–H groups in total. The SMILES string of the molecule is CCc1ccc(NC(=O)Cc2ccc(Oc3ccncc3)cc2)cc1. The lowest BCUT2D eigenvalue weighted by Gasteiger charge is -2.08. The Kier molecular flexibility index (Phi) is 5.42. The van der Waals surface area contributed by atoms with Crippen LogP contribution in [0, 0.1) is 0 Å². The number of benzene rings is 2. The number of aromatic nitrogens is 1. The topological polar surface area (TPSA) is 51.2 Å². The average molecular weight is 332 g/mol. The molecule has 1 aromatic heterocycles. The minimum atomic E-state index is -0.0351. The maximum atomic E-state index is 12.2. The molecular weight excluding hydrogens is 312 g/mol. The summed E-state index contributed by atoms with van der Waals surface area (Å²) in [6.07, 6.45) is 4.68. The van der Waals surface area contributed by atoms with Crippen LogP contribution in [0.4, 0.5) is 5.69 Å². The van der Waals surface area contributed by atoms with E-state index in [9.17, 15) is 4.79 Å². The Morgan fingerprint density at radius 1 is 0.880 bits per heavy atom. The maximum Gasteiger partial charge on any atom is 0.228 e. The van der Waals surface area contributed by atoms with Gasteiger partial charge in [-0.2, -0.15) is 0 Å². The van der Waals surface area contributed by atoms with Gasteiger partial charge in [0.25, 0.3) is 0 Å². The predicted octanol–water partition coefficient (Wildman–Crippen LogP) is 4.62. The molecule has 0 bridgehead atoms. The molecule has 0 spiro atoms.